The Balaban J connectivity index is 2.10. The molecule has 100 valence electrons. The van der Waals surface area contributed by atoms with Crippen LogP contribution in [0.3, 0.4) is 0 Å². The molecule has 0 fully saturated rings. The maximum absolute atomic E-state index is 12.0. The standard InChI is InChI=1S/C13H13ClN2O2S/c14-8-11-3-1-4-12(7-11)9-16-19(17,18)13-5-2-6-15-10-13/h1-7,10,16H,8-9H2. The molecular weight excluding hydrogens is 284 g/mol. The Morgan fingerprint density at radius 1 is 1.16 bits per heavy atom. The molecule has 1 heterocycles. The molecule has 0 unspecified atom stereocenters. The van der Waals surface area contributed by atoms with Crippen molar-refractivity contribution in [2.24, 2.45) is 0 Å². The number of alkyl halides is 1. The zero-order chi connectivity index (χ0) is 13.7. The van der Waals surface area contributed by atoms with Gasteiger partial charge in [-0.25, -0.2) is 13.1 Å². The van der Waals surface area contributed by atoms with Crippen molar-refractivity contribution >= 4 is 21.6 Å². The van der Waals surface area contributed by atoms with Crippen molar-refractivity contribution in [2.75, 3.05) is 0 Å². The Kier molecular flexibility index (Phi) is 4.52. The molecule has 6 heteroatoms. The lowest BCUT2D eigenvalue weighted by Crippen LogP contribution is -2.23. The summed E-state index contributed by atoms with van der Waals surface area (Å²) in [5.74, 6) is 0.406. The third kappa shape index (κ3) is 3.76. The molecule has 1 N–H and O–H groups in total. The minimum absolute atomic E-state index is 0.156. The number of hydrogen-bond acceptors (Lipinski definition) is 3. The van der Waals surface area contributed by atoms with Gasteiger partial charge in [0, 0.05) is 24.8 Å². The van der Waals surface area contributed by atoms with E-state index in [2.05, 4.69) is 9.71 Å². The van der Waals surface area contributed by atoms with E-state index >= 15 is 0 Å². The van der Waals surface area contributed by atoms with E-state index < -0.39 is 10.0 Å². The molecule has 4 nitrogen and oxygen atoms in total. The van der Waals surface area contributed by atoms with Crippen LogP contribution in [-0.4, -0.2) is 13.4 Å². The topological polar surface area (TPSA) is 59.1 Å². The molecule has 1 aromatic heterocycles. The Morgan fingerprint density at radius 2 is 1.95 bits per heavy atom. The van der Waals surface area contributed by atoms with Crippen LogP contribution < -0.4 is 4.72 Å². The number of benzene rings is 1. The van der Waals surface area contributed by atoms with Crippen LogP contribution in [0, 0.1) is 0 Å². The van der Waals surface area contributed by atoms with Crippen LogP contribution in [0.25, 0.3) is 0 Å². The van der Waals surface area contributed by atoms with E-state index in [1.54, 1.807) is 6.07 Å². The van der Waals surface area contributed by atoms with E-state index in [0.717, 1.165) is 11.1 Å². The van der Waals surface area contributed by atoms with Gasteiger partial charge in [0.25, 0.3) is 0 Å². The molecule has 0 saturated heterocycles. The molecule has 0 saturated carbocycles. The van der Waals surface area contributed by atoms with Gasteiger partial charge in [0.15, 0.2) is 0 Å². The van der Waals surface area contributed by atoms with Crippen LogP contribution in [0.2, 0.25) is 0 Å². The number of nitrogens with one attached hydrogen (secondary N) is 1. The SMILES string of the molecule is O=S(=O)(NCc1cccc(CCl)c1)c1cccnc1. The lowest BCUT2D eigenvalue weighted by Gasteiger charge is -2.07. The number of halogens is 1. The molecule has 0 bridgehead atoms. The summed E-state index contributed by atoms with van der Waals surface area (Å²) in [5.41, 5.74) is 1.82. The maximum atomic E-state index is 12.0. The van der Waals surface area contributed by atoms with Gasteiger partial charge in [0.1, 0.15) is 4.90 Å². The molecular formula is C13H13ClN2O2S. The number of hydrogen-bond donors (Lipinski definition) is 1. The van der Waals surface area contributed by atoms with Crippen LogP contribution >= 0.6 is 11.6 Å². The van der Waals surface area contributed by atoms with Crippen molar-refractivity contribution in [3.8, 4) is 0 Å². The maximum Gasteiger partial charge on any atom is 0.242 e. The summed E-state index contributed by atoms with van der Waals surface area (Å²) < 4.78 is 26.5. The molecule has 2 rings (SSSR count). The Hall–Kier alpha value is -1.43. The van der Waals surface area contributed by atoms with Gasteiger partial charge in [0.2, 0.25) is 10.0 Å². The van der Waals surface area contributed by atoms with Crippen molar-refractivity contribution < 1.29 is 8.42 Å². The molecule has 0 radical (unpaired) electrons. The van der Waals surface area contributed by atoms with Gasteiger partial charge >= 0.3 is 0 Å². The Morgan fingerprint density at radius 3 is 2.63 bits per heavy atom. The summed E-state index contributed by atoms with van der Waals surface area (Å²) in [7, 11) is -3.52. The summed E-state index contributed by atoms with van der Waals surface area (Å²) in [6.45, 7) is 0.224. The second kappa shape index (κ2) is 6.14. The monoisotopic (exact) mass is 296 g/mol. The first-order chi connectivity index (χ1) is 9.12. The summed E-state index contributed by atoms with van der Waals surface area (Å²) >= 11 is 5.74. The molecule has 0 amide bonds. The van der Waals surface area contributed by atoms with Gasteiger partial charge in [-0.05, 0) is 23.3 Å². The summed E-state index contributed by atoms with van der Waals surface area (Å²) in [5, 5.41) is 0. The van der Waals surface area contributed by atoms with Crippen molar-refractivity contribution in [1.29, 1.82) is 0 Å². The fourth-order valence-corrected chi connectivity index (χ4v) is 2.74. The first-order valence-corrected chi connectivity index (χ1v) is 7.67. The fraction of sp³-hybridized carbons (Fsp3) is 0.154. The van der Waals surface area contributed by atoms with Crippen molar-refractivity contribution in [2.45, 2.75) is 17.3 Å². The van der Waals surface area contributed by atoms with Crippen molar-refractivity contribution in [3.63, 3.8) is 0 Å². The molecule has 0 aliphatic rings. The van der Waals surface area contributed by atoms with Crippen LogP contribution in [0.4, 0.5) is 0 Å². The molecule has 2 aromatic rings. The highest BCUT2D eigenvalue weighted by Gasteiger charge is 2.13. The predicted molar refractivity (Wildman–Crippen MR) is 74.3 cm³/mol. The number of aromatic nitrogens is 1. The number of pyridine rings is 1. The van der Waals surface area contributed by atoms with Crippen molar-refractivity contribution in [1.82, 2.24) is 9.71 Å². The van der Waals surface area contributed by atoms with Crippen LogP contribution in [0.5, 0.6) is 0 Å². The Bertz CT molecular complexity index is 645. The second-order valence-corrected chi connectivity index (χ2v) is 6.00. The zero-order valence-corrected chi connectivity index (χ0v) is 11.7. The Labute approximate surface area is 117 Å². The summed E-state index contributed by atoms with van der Waals surface area (Å²) in [4.78, 5) is 3.95. The lowest BCUT2D eigenvalue weighted by molar-refractivity contribution is 0.581. The van der Waals surface area contributed by atoms with Gasteiger partial charge in [-0.1, -0.05) is 24.3 Å². The first-order valence-electron chi connectivity index (χ1n) is 5.65. The van der Waals surface area contributed by atoms with E-state index in [-0.39, 0.29) is 11.4 Å². The van der Waals surface area contributed by atoms with Gasteiger partial charge < -0.3 is 0 Å². The van der Waals surface area contributed by atoms with Crippen molar-refractivity contribution in [3.05, 3.63) is 59.9 Å². The third-order valence-corrected chi connectivity index (χ3v) is 4.25. The van der Waals surface area contributed by atoms with Crippen LogP contribution in [0.1, 0.15) is 11.1 Å². The van der Waals surface area contributed by atoms with Gasteiger partial charge in [0.05, 0.1) is 0 Å². The highest BCUT2D eigenvalue weighted by molar-refractivity contribution is 7.89. The van der Waals surface area contributed by atoms with E-state index in [0.29, 0.717) is 5.88 Å². The summed E-state index contributed by atoms with van der Waals surface area (Å²) in [6.07, 6.45) is 2.85. The van der Waals surface area contributed by atoms with E-state index in [4.69, 9.17) is 11.6 Å². The van der Waals surface area contributed by atoms with E-state index in [1.165, 1.54) is 18.5 Å². The quantitative estimate of drug-likeness (QED) is 0.861. The number of rotatable bonds is 5. The first kappa shape index (κ1) is 14.0. The molecule has 19 heavy (non-hydrogen) atoms. The molecule has 0 aliphatic heterocycles. The van der Waals surface area contributed by atoms with Crippen LogP contribution in [0.15, 0.2) is 53.7 Å². The van der Waals surface area contributed by atoms with Gasteiger partial charge in [-0.2, -0.15) is 0 Å². The lowest BCUT2D eigenvalue weighted by atomic mass is 10.1. The highest BCUT2D eigenvalue weighted by atomic mass is 35.5. The van der Waals surface area contributed by atoms with Crippen LogP contribution in [-0.2, 0) is 22.4 Å². The second-order valence-electron chi connectivity index (χ2n) is 3.97. The number of nitrogens with zero attached hydrogens (tertiary/aromatic N) is 1. The van der Waals surface area contributed by atoms with Gasteiger partial charge in [-0.15, -0.1) is 11.6 Å². The smallest absolute Gasteiger partial charge is 0.242 e. The van der Waals surface area contributed by atoms with Gasteiger partial charge in [-0.3, -0.25) is 4.98 Å². The van der Waals surface area contributed by atoms with E-state index in [9.17, 15) is 8.42 Å². The largest absolute Gasteiger partial charge is 0.263 e. The highest BCUT2D eigenvalue weighted by Crippen LogP contribution is 2.10. The zero-order valence-electron chi connectivity index (χ0n) is 10.1. The minimum Gasteiger partial charge on any atom is -0.263 e. The molecule has 0 aliphatic carbocycles. The minimum atomic E-state index is -3.52. The summed E-state index contributed by atoms with van der Waals surface area (Å²) in [6, 6.07) is 10.6. The van der Waals surface area contributed by atoms with E-state index in [1.807, 2.05) is 24.3 Å². The third-order valence-electron chi connectivity index (χ3n) is 2.56. The normalized spacial score (nSPS) is 11.4. The fourth-order valence-electron chi connectivity index (χ4n) is 1.59. The predicted octanol–water partition coefficient (Wildman–Crippen LogP) is 2.30. The average Bonchev–Trinajstić information content (AvgIpc) is 2.46. The molecule has 0 spiro atoms. The number of sulfonamides is 1. The molecule has 1 aromatic carbocycles. The molecule has 0 atom stereocenters. The average molecular weight is 297 g/mol.